The van der Waals surface area contributed by atoms with Crippen molar-refractivity contribution in [2.75, 3.05) is 65.6 Å². The molecule has 1 aromatic carbocycles. The molecule has 5 aliphatic heterocycles. The van der Waals surface area contributed by atoms with Crippen LogP contribution in [0.25, 0.3) is 0 Å². The number of alkyl halides is 3. The molecule has 0 bridgehead atoms. The Bertz CT molecular complexity index is 1440. The van der Waals surface area contributed by atoms with Crippen LogP contribution in [-0.2, 0) is 33.6 Å². The lowest BCUT2D eigenvalue weighted by Crippen LogP contribution is -2.62. The number of ether oxygens (including phenoxy) is 3. The number of hydrogen-bond donors (Lipinski definition) is 0. The maximum Gasteiger partial charge on any atom is 0.416 e. The number of carbonyl (C=O) groups is 2. The summed E-state index contributed by atoms with van der Waals surface area (Å²) in [5, 5.41) is 8.50. The molecule has 7 rings (SSSR count). The van der Waals surface area contributed by atoms with Gasteiger partial charge in [0.05, 0.1) is 42.6 Å². The standard InChI is InChI=1S/C33H44F3N7O5/c34-33(35,36)23-4-5-30-28(16-23)31(44)43-20-27(47-21-24-18-41(38-37-24)12-10-39-8-2-1-3-9-39)17-29(43)32(45)42-13-11-40(19-26(42)22-48-30)25-6-14-46-15-7-25/h4-5,16,18,25-27,29H,1-3,6-15,17,19-22H2/t26-,27+,29-/m0/s1. The normalized spacial score (nSPS) is 26.6. The van der Waals surface area contributed by atoms with Crippen LogP contribution in [0.1, 0.15) is 60.1 Å². The summed E-state index contributed by atoms with van der Waals surface area (Å²) in [4.78, 5) is 36.2. The van der Waals surface area contributed by atoms with Gasteiger partial charge in [0.15, 0.2) is 0 Å². The fraction of sp³-hybridized carbons (Fsp3) is 0.697. The predicted octanol–water partition coefficient (Wildman–Crippen LogP) is 2.67. The van der Waals surface area contributed by atoms with Gasteiger partial charge in [0, 0.05) is 58.4 Å². The summed E-state index contributed by atoms with van der Waals surface area (Å²) in [6.45, 7) is 7.19. The second kappa shape index (κ2) is 14.3. The summed E-state index contributed by atoms with van der Waals surface area (Å²) in [5.74, 6) is -0.827. The molecule has 1 aromatic heterocycles. The number of carbonyl (C=O) groups excluding carboxylic acids is 2. The highest BCUT2D eigenvalue weighted by atomic mass is 19.4. The summed E-state index contributed by atoms with van der Waals surface area (Å²) in [6.07, 6.45) is 2.44. The molecular formula is C33H44F3N7O5. The van der Waals surface area contributed by atoms with Gasteiger partial charge < -0.3 is 28.9 Å². The largest absolute Gasteiger partial charge is 0.491 e. The maximum atomic E-state index is 14.2. The molecule has 4 saturated heterocycles. The molecule has 12 nitrogen and oxygen atoms in total. The van der Waals surface area contributed by atoms with Crippen molar-refractivity contribution in [2.24, 2.45) is 0 Å². The van der Waals surface area contributed by atoms with E-state index in [4.69, 9.17) is 14.2 Å². The van der Waals surface area contributed by atoms with Gasteiger partial charge in [-0.3, -0.25) is 19.2 Å². The maximum absolute atomic E-state index is 14.2. The van der Waals surface area contributed by atoms with Crippen molar-refractivity contribution in [2.45, 2.75) is 82.1 Å². The van der Waals surface area contributed by atoms with Crippen molar-refractivity contribution in [1.82, 2.24) is 34.6 Å². The van der Waals surface area contributed by atoms with E-state index >= 15 is 0 Å². The number of aromatic nitrogens is 3. The van der Waals surface area contributed by atoms with Crippen molar-refractivity contribution in [1.29, 1.82) is 0 Å². The topological polar surface area (TPSA) is 106 Å². The third kappa shape index (κ3) is 7.33. The van der Waals surface area contributed by atoms with Gasteiger partial charge in [-0.2, -0.15) is 13.2 Å². The first-order chi connectivity index (χ1) is 23.2. The highest BCUT2D eigenvalue weighted by molar-refractivity contribution is 6.00. The van der Waals surface area contributed by atoms with E-state index in [1.807, 2.05) is 6.20 Å². The molecule has 0 N–H and O–H groups in total. The van der Waals surface area contributed by atoms with Crippen LogP contribution in [0.4, 0.5) is 13.2 Å². The highest BCUT2D eigenvalue weighted by Gasteiger charge is 2.46. The molecule has 48 heavy (non-hydrogen) atoms. The molecule has 0 spiro atoms. The van der Waals surface area contributed by atoms with E-state index in [0.29, 0.717) is 44.6 Å². The molecule has 6 heterocycles. The van der Waals surface area contributed by atoms with Gasteiger partial charge in [-0.25, -0.2) is 0 Å². The third-order valence-electron chi connectivity index (χ3n) is 10.4. The summed E-state index contributed by atoms with van der Waals surface area (Å²) in [6, 6.07) is 2.11. The zero-order chi connectivity index (χ0) is 33.3. The van der Waals surface area contributed by atoms with Crippen LogP contribution in [0.2, 0.25) is 0 Å². The van der Waals surface area contributed by atoms with E-state index < -0.39 is 29.8 Å². The van der Waals surface area contributed by atoms with Gasteiger partial charge in [-0.1, -0.05) is 11.6 Å². The minimum Gasteiger partial charge on any atom is -0.491 e. The number of likely N-dealkylation sites (tertiary alicyclic amines) is 1. The molecule has 3 atom stereocenters. The van der Waals surface area contributed by atoms with Crippen LogP contribution in [0.15, 0.2) is 24.4 Å². The summed E-state index contributed by atoms with van der Waals surface area (Å²) in [5.41, 5.74) is -0.513. The minimum atomic E-state index is -4.65. The Morgan fingerprint density at radius 3 is 2.54 bits per heavy atom. The minimum absolute atomic E-state index is 0.0563. The molecule has 5 aliphatic rings. The zero-order valence-electron chi connectivity index (χ0n) is 27.2. The van der Waals surface area contributed by atoms with Gasteiger partial charge in [-0.05, 0) is 57.0 Å². The SMILES string of the molecule is O=C1[C@@H]2C[C@@H](OCc3cn(CCN4CCCCC4)nn3)CN2C(=O)c2cc(C(F)(F)F)ccc2OC[C@@H]2CN(C3CCOCC3)CCN12. The summed E-state index contributed by atoms with van der Waals surface area (Å²) >= 11 is 0. The Balaban J connectivity index is 1.08. The molecule has 2 amide bonds. The van der Waals surface area contributed by atoms with E-state index in [2.05, 4.69) is 20.1 Å². The van der Waals surface area contributed by atoms with Crippen LogP contribution < -0.4 is 4.74 Å². The van der Waals surface area contributed by atoms with E-state index in [1.165, 1.54) is 30.2 Å². The van der Waals surface area contributed by atoms with E-state index in [0.717, 1.165) is 51.2 Å². The quantitative estimate of drug-likeness (QED) is 0.438. The number of amides is 2. The summed E-state index contributed by atoms with van der Waals surface area (Å²) in [7, 11) is 0. The van der Waals surface area contributed by atoms with Gasteiger partial charge in [0.25, 0.3) is 5.91 Å². The second-order valence-corrected chi connectivity index (χ2v) is 13.6. The van der Waals surface area contributed by atoms with Crippen LogP contribution in [0.3, 0.4) is 0 Å². The van der Waals surface area contributed by atoms with Crippen molar-refractivity contribution in [3.8, 4) is 5.75 Å². The lowest BCUT2D eigenvalue weighted by Gasteiger charge is -2.46. The Labute approximate surface area is 278 Å². The first-order valence-corrected chi connectivity index (χ1v) is 17.2. The van der Waals surface area contributed by atoms with E-state index in [1.54, 1.807) is 9.58 Å². The van der Waals surface area contributed by atoms with Crippen LogP contribution in [-0.4, -0.2) is 136 Å². The molecule has 15 heteroatoms. The van der Waals surface area contributed by atoms with Gasteiger partial charge in [0.1, 0.15) is 24.1 Å². The first-order valence-electron chi connectivity index (χ1n) is 17.2. The first kappa shape index (κ1) is 33.2. The number of rotatable bonds is 7. The lowest BCUT2D eigenvalue weighted by atomic mass is 10.0. The average Bonchev–Trinajstić information content (AvgIpc) is 3.75. The fourth-order valence-electron chi connectivity index (χ4n) is 7.75. The highest BCUT2D eigenvalue weighted by Crippen LogP contribution is 2.36. The number of halogens is 3. The molecule has 4 fully saturated rings. The van der Waals surface area contributed by atoms with Gasteiger partial charge in [0.2, 0.25) is 5.91 Å². The van der Waals surface area contributed by atoms with Crippen LogP contribution >= 0.6 is 0 Å². The average molecular weight is 676 g/mol. The molecule has 0 radical (unpaired) electrons. The van der Waals surface area contributed by atoms with Crippen molar-refractivity contribution in [3.05, 3.63) is 41.2 Å². The molecule has 0 saturated carbocycles. The number of hydrogen-bond acceptors (Lipinski definition) is 9. The predicted molar refractivity (Wildman–Crippen MR) is 166 cm³/mol. The van der Waals surface area contributed by atoms with E-state index in [-0.39, 0.29) is 49.4 Å². The number of fused-ring (bicyclic) bond motifs is 3. The van der Waals surface area contributed by atoms with Crippen molar-refractivity contribution in [3.63, 3.8) is 0 Å². The van der Waals surface area contributed by atoms with Crippen molar-refractivity contribution < 1.29 is 37.0 Å². The third-order valence-corrected chi connectivity index (χ3v) is 10.4. The number of piperazine rings is 1. The number of nitrogens with zero attached hydrogens (tertiary/aromatic N) is 7. The van der Waals surface area contributed by atoms with Crippen molar-refractivity contribution >= 4 is 11.8 Å². The number of piperidine rings is 1. The molecule has 2 aromatic rings. The van der Waals surface area contributed by atoms with Gasteiger partial charge in [-0.15, -0.1) is 5.10 Å². The molecule has 0 unspecified atom stereocenters. The Morgan fingerprint density at radius 1 is 0.938 bits per heavy atom. The smallest absolute Gasteiger partial charge is 0.416 e. The zero-order valence-corrected chi connectivity index (χ0v) is 27.2. The molecule has 0 aliphatic carbocycles. The Kier molecular flexibility index (Phi) is 9.90. The van der Waals surface area contributed by atoms with Gasteiger partial charge >= 0.3 is 6.18 Å². The van der Waals surface area contributed by atoms with Crippen LogP contribution in [0, 0.1) is 0 Å². The molecule has 262 valence electrons. The van der Waals surface area contributed by atoms with Crippen LogP contribution in [0.5, 0.6) is 5.75 Å². The monoisotopic (exact) mass is 675 g/mol. The Hall–Kier alpha value is -3.27. The Morgan fingerprint density at radius 2 is 1.75 bits per heavy atom. The lowest BCUT2D eigenvalue weighted by molar-refractivity contribution is -0.143. The van der Waals surface area contributed by atoms with E-state index in [9.17, 15) is 22.8 Å². The second-order valence-electron chi connectivity index (χ2n) is 13.6. The number of benzene rings is 1. The fourth-order valence-corrected chi connectivity index (χ4v) is 7.75. The molecular weight excluding hydrogens is 631 g/mol. The summed E-state index contributed by atoms with van der Waals surface area (Å²) < 4.78 is 61.0.